The van der Waals surface area contributed by atoms with Crippen LogP contribution in [0.3, 0.4) is 0 Å². The van der Waals surface area contributed by atoms with E-state index in [1.54, 1.807) is 7.11 Å². The van der Waals surface area contributed by atoms with Crippen molar-refractivity contribution in [2.24, 2.45) is 0 Å². The van der Waals surface area contributed by atoms with E-state index in [9.17, 15) is 4.79 Å². The lowest BCUT2D eigenvalue weighted by molar-refractivity contribution is -0.122. The first-order valence-electron chi connectivity index (χ1n) is 9.96. The summed E-state index contributed by atoms with van der Waals surface area (Å²) in [5.41, 5.74) is 2.52. The minimum absolute atomic E-state index is 0.176. The van der Waals surface area contributed by atoms with Gasteiger partial charge in [-0.1, -0.05) is 55.0 Å². The van der Waals surface area contributed by atoms with Crippen LogP contribution in [0, 0.1) is 0 Å². The monoisotopic (exact) mass is 364 g/mol. The fraction of sp³-hybridized carbons (Fsp3) is 0.435. The first-order chi connectivity index (χ1) is 13.3. The fourth-order valence-electron chi connectivity index (χ4n) is 4.70. The number of amides is 1. The summed E-state index contributed by atoms with van der Waals surface area (Å²) >= 11 is 0. The molecule has 2 aliphatic rings. The molecule has 2 aromatic rings. The topological polar surface area (TPSA) is 41.6 Å². The van der Waals surface area contributed by atoms with Gasteiger partial charge < -0.3 is 10.1 Å². The van der Waals surface area contributed by atoms with Gasteiger partial charge in [-0.25, -0.2) is 0 Å². The standard InChI is InChI=1S/C23H28N2O2/c1-27-21-13-7-5-11-18(21)15-25-16-19(17-9-3-2-4-10-17)23-20(25)12-6-8-14-22(26)24-23/h2-5,7,9-11,13,19-20,23H,6,8,12,14-16H2,1H3,(H,24,26)/t19-,20+,23-/m0/s1. The maximum Gasteiger partial charge on any atom is 0.220 e. The normalized spacial score (nSPS) is 26.0. The molecule has 3 atom stereocenters. The molecule has 2 heterocycles. The van der Waals surface area contributed by atoms with E-state index in [0.29, 0.717) is 18.4 Å². The molecule has 0 aliphatic carbocycles. The maximum atomic E-state index is 12.4. The average molecular weight is 364 g/mol. The SMILES string of the molecule is COc1ccccc1CN1C[C@@H](c2ccccc2)[C@@H]2NC(=O)CCCC[C@H]21. The van der Waals surface area contributed by atoms with Crippen molar-refractivity contribution >= 4 is 5.91 Å². The Kier molecular flexibility index (Phi) is 5.44. The molecule has 2 fully saturated rings. The smallest absolute Gasteiger partial charge is 0.220 e. The summed E-state index contributed by atoms with van der Waals surface area (Å²) < 4.78 is 5.57. The van der Waals surface area contributed by atoms with Crippen molar-refractivity contribution in [2.75, 3.05) is 13.7 Å². The minimum Gasteiger partial charge on any atom is -0.496 e. The Morgan fingerprint density at radius 1 is 1.07 bits per heavy atom. The van der Waals surface area contributed by atoms with E-state index in [2.05, 4.69) is 52.7 Å². The molecule has 142 valence electrons. The number of nitrogens with one attached hydrogen (secondary N) is 1. The maximum absolute atomic E-state index is 12.4. The molecule has 0 unspecified atom stereocenters. The molecule has 2 aromatic carbocycles. The predicted octanol–water partition coefficient (Wildman–Crippen LogP) is 3.72. The predicted molar refractivity (Wildman–Crippen MR) is 107 cm³/mol. The Hall–Kier alpha value is -2.33. The van der Waals surface area contributed by atoms with Gasteiger partial charge in [0.2, 0.25) is 5.91 Å². The summed E-state index contributed by atoms with van der Waals surface area (Å²) in [5.74, 6) is 1.46. The van der Waals surface area contributed by atoms with E-state index in [1.165, 1.54) is 11.1 Å². The largest absolute Gasteiger partial charge is 0.496 e. The number of nitrogens with zero attached hydrogens (tertiary/aromatic N) is 1. The van der Waals surface area contributed by atoms with Gasteiger partial charge in [0.25, 0.3) is 0 Å². The number of ether oxygens (including phenoxy) is 1. The van der Waals surface area contributed by atoms with E-state index in [0.717, 1.165) is 38.1 Å². The zero-order valence-corrected chi connectivity index (χ0v) is 15.9. The van der Waals surface area contributed by atoms with Crippen molar-refractivity contribution in [3.8, 4) is 5.75 Å². The third-order valence-corrected chi connectivity index (χ3v) is 6.02. The molecular formula is C23H28N2O2. The number of fused-ring (bicyclic) bond motifs is 1. The van der Waals surface area contributed by atoms with Gasteiger partial charge in [0.1, 0.15) is 5.75 Å². The Morgan fingerprint density at radius 2 is 1.85 bits per heavy atom. The van der Waals surface area contributed by atoms with Gasteiger partial charge in [-0.3, -0.25) is 9.69 Å². The highest BCUT2D eigenvalue weighted by molar-refractivity contribution is 5.76. The van der Waals surface area contributed by atoms with Crippen molar-refractivity contribution in [3.05, 3.63) is 65.7 Å². The van der Waals surface area contributed by atoms with Crippen LogP contribution in [-0.2, 0) is 11.3 Å². The van der Waals surface area contributed by atoms with Gasteiger partial charge in [-0.15, -0.1) is 0 Å². The van der Waals surface area contributed by atoms with E-state index in [1.807, 2.05) is 12.1 Å². The Morgan fingerprint density at radius 3 is 2.67 bits per heavy atom. The van der Waals surface area contributed by atoms with Crippen LogP contribution in [0.15, 0.2) is 54.6 Å². The lowest BCUT2D eigenvalue weighted by Gasteiger charge is -2.31. The molecule has 4 rings (SSSR count). The molecule has 0 radical (unpaired) electrons. The van der Waals surface area contributed by atoms with Crippen LogP contribution >= 0.6 is 0 Å². The number of para-hydroxylation sites is 1. The summed E-state index contributed by atoms with van der Waals surface area (Å²) in [6.45, 7) is 1.81. The lowest BCUT2D eigenvalue weighted by atomic mass is 9.88. The van der Waals surface area contributed by atoms with Crippen molar-refractivity contribution in [1.82, 2.24) is 10.2 Å². The summed E-state index contributed by atoms with van der Waals surface area (Å²) in [6, 6.07) is 19.4. The minimum atomic E-state index is 0.176. The molecule has 4 heteroatoms. The summed E-state index contributed by atoms with van der Waals surface area (Å²) in [5, 5.41) is 3.36. The van der Waals surface area contributed by atoms with Crippen molar-refractivity contribution in [2.45, 2.75) is 50.2 Å². The van der Waals surface area contributed by atoms with Crippen LogP contribution in [-0.4, -0.2) is 36.5 Å². The number of hydrogen-bond donors (Lipinski definition) is 1. The van der Waals surface area contributed by atoms with Gasteiger partial charge in [0.15, 0.2) is 0 Å². The van der Waals surface area contributed by atoms with E-state index in [-0.39, 0.29) is 11.9 Å². The first kappa shape index (κ1) is 18.1. The highest BCUT2D eigenvalue weighted by Crippen LogP contribution is 2.37. The highest BCUT2D eigenvalue weighted by atomic mass is 16.5. The lowest BCUT2D eigenvalue weighted by Crippen LogP contribution is -2.47. The van der Waals surface area contributed by atoms with Gasteiger partial charge in [-0.2, -0.15) is 0 Å². The number of rotatable bonds is 4. The number of hydrogen-bond acceptors (Lipinski definition) is 3. The molecular weight excluding hydrogens is 336 g/mol. The molecule has 0 aromatic heterocycles. The molecule has 0 saturated carbocycles. The number of likely N-dealkylation sites (tertiary alicyclic amines) is 1. The van der Waals surface area contributed by atoms with Gasteiger partial charge >= 0.3 is 0 Å². The van der Waals surface area contributed by atoms with E-state index >= 15 is 0 Å². The first-order valence-corrected chi connectivity index (χ1v) is 9.96. The summed E-state index contributed by atoms with van der Waals surface area (Å²) in [4.78, 5) is 14.9. The van der Waals surface area contributed by atoms with Crippen LogP contribution in [0.4, 0.5) is 0 Å². The molecule has 2 saturated heterocycles. The van der Waals surface area contributed by atoms with Crippen LogP contribution in [0.2, 0.25) is 0 Å². The van der Waals surface area contributed by atoms with Crippen LogP contribution in [0.25, 0.3) is 0 Å². The molecule has 1 N–H and O–H groups in total. The van der Waals surface area contributed by atoms with Gasteiger partial charge in [-0.05, 0) is 24.5 Å². The molecule has 0 spiro atoms. The fourth-order valence-corrected chi connectivity index (χ4v) is 4.70. The number of benzene rings is 2. The summed E-state index contributed by atoms with van der Waals surface area (Å²) in [6.07, 6.45) is 3.87. The molecule has 0 bridgehead atoms. The molecule has 1 amide bonds. The average Bonchev–Trinajstić information content (AvgIpc) is 3.01. The number of methoxy groups -OCH3 is 1. The Bertz CT molecular complexity index is 777. The Labute approximate surface area is 161 Å². The third kappa shape index (κ3) is 3.86. The highest BCUT2D eigenvalue weighted by Gasteiger charge is 2.43. The third-order valence-electron chi connectivity index (χ3n) is 6.02. The van der Waals surface area contributed by atoms with Gasteiger partial charge in [0.05, 0.1) is 13.2 Å². The number of carbonyl (C=O) groups is 1. The Balaban J connectivity index is 1.64. The van der Waals surface area contributed by atoms with Crippen LogP contribution in [0.5, 0.6) is 5.75 Å². The van der Waals surface area contributed by atoms with Crippen molar-refractivity contribution in [1.29, 1.82) is 0 Å². The summed E-state index contributed by atoms with van der Waals surface area (Å²) in [7, 11) is 1.73. The van der Waals surface area contributed by atoms with Crippen molar-refractivity contribution in [3.63, 3.8) is 0 Å². The van der Waals surface area contributed by atoms with Crippen molar-refractivity contribution < 1.29 is 9.53 Å². The molecule has 2 aliphatic heterocycles. The molecule has 4 nitrogen and oxygen atoms in total. The van der Waals surface area contributed by atoms with Crippen LogP contribution < -0.4 is 10.1 Å². The second-order valence-corrected chi connectivity index (χ2v) is 7.66. The number of carbonyl (C=O) groups excluding carboxylic acids is 1. The molecule has 27 heavy (non-hydrogen) atoms. The van der Waals surface area contributed by atoms with E-state index < -0.39 is 0 Å². The van der Waals surface area contributed by atoms with E-state index in [4.69, 9.17) is 4.74 Å². The second kappa shape index (κ2) is 8.13. The van der Waals surface area contributed by atoms with Crippen LogP contribution in [0.1, 0.15) is 42.7 Å². The van der Waals surface area contributed by atoms with Gasteiger partial charge in [0, 0.05) is 37.0 Å². The zero-order chi connectivity index (χ0) is 18.6. The second-order valence-electron chi connectivity index (χ2n) is 7.66. The zero-order valence-electron chi connectivity index (χ0n) is 15.9. The quantitative estimate of drug-likeness (QED) is 0.899.